The Morgan fingerprint density at radius 3 is 1.45 bits per heavy atom. The molecule has 178 valence electrons. The van der Waals surface area contributed by atoms with Crippen LogP contribution in [0.4, 0.5) is 5.69 Å². The minimum absolute atomic E-state index is 0.0534. The molecule has 0 atom stereocenters. The lowest BCUT2D eigenvalue weighted by atomic mass is 10.0. The van der Waals surface area contributed by atoms with E-state index in [-0.39, 0.29) is 17.4 Å². The summed E-state index contributed by atoms with van der Waals surface area (Å²) < 4.78 is 0. The molecule has 0 bridgehead atoms. The second-order valence-electron chi connectivity index (χ2n) is 9.20. The zero-order chi connectivity index (χ0) is 23.1. The van der Waals surface area contributed by atoms with Gasteiger partial charge in [-0.1, -0.05) is 96.8 Å². The molecule has 0 aliphatic heterocycles. The third-order valence-electron chi connectivity index (χ3n) is 6.51. The number of anilines is 1. The Labute approximate surface area is 190 Å². The fourth-order valence-electron chi connectivity index (χ4n) is 4.13. The average Bonchev–Trinajstić information content (AvgIpc) is 2.76. The number of aromatic hydroxyl groups is 2. The molecule has 0 unspecified atom stereocenters. The summed E-state index contributed by atoms with van der Waals surface area (Å²) in [5.41, 5.74) is 2.11. The van der Waals surface area contributed by atoms with Gasteiger partial charge in [-0.15, -0.1) is 0 Å². The second-order valence-corrected chi connectivity index (χ2v) is 9.20. The first-order valence-electron chi connectivity index (χ1n) is 12.7. The number of benzene rings is 1. The molecular weight excluding hydrogens is 386 g/mol. The van der Waals surface area contributed by atoms with Gasteiger partial charge in [-0.2, -0.15) is 0 Å². The third-order valence-corrected chi connectivity index (χ3v) is 6.51. The molecule has 31 heavy (non-hydrogen) atoms. The van der Waals surface area contributed by atoms with E-state index in [0.717, 1.165) is 12.8 Å². The van der Waals surface area contributed by atoms with E-state index in [4.69, 9.17) is 0 Å². The van der Waals surface area contributed by atoms with Crippen LogP contribution >= 0.6 is 0 Å². The fraction of sp³-hybridized carbons (Fsp3) is 0.741. The van der Waals surface area contributed by atoms with E-state index < -0.39 is 0 Å². The Balaban J connectivity index is 2.05. The highest BCUT2D eigenvalue weighted by molar-refractivity contribution is 5.94. The standard InChI is InChI=1S/C27H47NO3/c1-5-6-7-8-9-10-11-12-13-14-15-16-17-18-19-20-24(29)28-25-23(4)26(30)21(2)22(3)27(25)31/h30-31H,5-20H2,1-4H3,(H,28,29). The van der Waals surface area contributed by atoms with Gasteiger partial charge >= 0.3 is 0 Å². The van der Waals surface area contributed by atoms with Crippen molar-refractivity contribution in [3.63, 3.8) is 0 Å². The van der Waals surface area contributed by atoms with E-state index >= 15 is 0 Å². The number of phenols is 2. The number of carbonyl (C=O) groups excluding carboxylic acids is 1. The SMILES string of the molecule is CCCCCCCCCCCCCCCCCC(=O)Nc1c(C)c(O)c(C)c(C)c1O. The summed E-state index contributed by atoms with van der Waals surface area (Å²) >= 11 is 0. The van der Waals surface area contributed by atoms with Crippen LogP contribution in [0, 0.1) is 20.8 Å². The number of nitrogens with one attached hydrogen (secondary N) is 1. The highest BCUT2D eigenvalue weighted by atomic mass is 16.3. The number of carbonyl (C=O) groups is 1. The maximum absolute atomic E-state index is 12.3. The van der Waals surface area contributed by atoms with Crippen LogP contribution in [0.1, 0.15) is 126 Å². The molecule has 0 spiro atoms. The van der Waals surface area contributed by atoms with Crippen molar-refractivity contribution in [2.24, 2.45) is 0 Å². The molecule has 0 aromatic heterocycles. The number of hydrogen-bond donors (Lipinski definition) is 3. The van der Waals surface area contributed by atoms with Crippen LogP contribution in [0.15, 0.2) is 0 Å². The molecule has 0 fully saturated rings. The predicted molar refractivity (Wildman–Crippen MR) is 132 cm³/mol. The van der Waals surface area contributed by atoms with E-state index in [2.05, 4.69) is 12.2 Å². The van der Waals surface area contributed by atoms with Crippen LogP contribution in [-0.2, 0) is 4.79 Å². The van der Waals surface area contributed by atoms with E-state index in [9.17, 15) is 15.0 Å². The van der Waals surface area contributed by atoms with Crippen molar-refractivity contribution in [3.05, 3.63) is 16.7 Å². The fourth-order valence-corrected chi connectivity index (χ4v) is 4.13. The van der Waals surface area contributed by atoms with Crippen molar-refractivity contribution in [1.82, 2.24) is 0 Å². The van der Waals surface area contributed by atoms with Crippen LogP contribution in [0.5, 0.6) is 11.5 Å². The number of hydrogen-bond acceptors (Lipinski definition) is 3. The summed E-state index contributed by atoms with van der Waals surface area (Å²) in [4.78, 5) is 12.3. The molecule has 0 radical (unpaired) electrons. The lowest BCUT2D eigenvalue weighted by molar-refractivity contribution is -0.116. The van der Waals surface area contributed by atoms with Crippen molar-refractivity contribution < 1.29 is 15.0 Å². The summed E-state index contributed by atoms with van der Waals surface area (Å²) in [5, 5.41) is 23.3. The summed E-state index contributed by atoms with van der Waals surface area (Å²) in [6.07, 6.45) is 20.0. The number of amides is 1. The highest BCUT2D eigenvalue weighted by Gasteiger charge is 2.18. The van der Waals surface area contributed by atoms with Gasteiger partial charge in [-0.05, 0) is 38.3 Å². The zero-order valence-electron chi connectivity index (χ0n) is 20.6. The predicted octanol–water partition coefficient (Wildman–Crippen LogP) is 8.22. The van der Waals surface area contributed by atoms with E-state index in [0.29, 0.717) is 28.8 Å². The van der Waals surface area contributed by atoms with Crippen molar-refractivity contribution in [3.8, 4) is 11.5 Å². The first-order chi connectivity index (χ1) is 14.9. The van der Waals surface area contributed by atoms with Gasteiger partial charge in [0.1, 0.15) is 11.5 Å². The molecule has 0 saturated heterocycles. The summed E-state index contributed by atoms with van der Waals surface area (Å²) in [5.74, 6) is 0.0889. The molecule has 4 heteroatoms. The van der Waals surface area contributed by atoms with Crippen molar-refractivity contribution in [2.45, 2.75) is 130 Å². The van der Waals surface area contributed by atoms with E-state index in [1.54, 1.807) is 20.8 Å². The van der Waals surface area contributed by atoms with Crippen LogP contribution < -0.4 is 5.32 Å². The lowest BCUT2D eigenvalue weighted by Gasteiger charge is -2.16. The van der Waals surface area contributed by atoms with Crippen LogP contribution in [-0.4, -0.2) is 16.1 Å². The molecule has 0 aliphatic rings. The van der Waals surface area contributed by atoms with Gasteiger partial charge in [0, 0.05) is 12.0 Å². The van der Waals surface area contributed by atoms with Crippen LogP contribution in [0.25, 0.3) is 0 Å². The maximum Gasteiger partial charge on any atom is 0.224 e. The lowest BCUT2D eigenvalue weighted by Crippen LogP contribution is -2.13. The Kier molecular flexibility index (Phi) is 14.1. The molecule has 1 amide bonds. The maximum atomic E-state index is 12.3. The average molecular weight is 434 g/mol. The molecule has 1 rings (SSSR count). The van der Waals surface area contributed by atoms with Crippen LogP contribution in [0.3, 0.4) is 0 Å². The number of rotatable bonds is 17. The van der Waals surface area contributed by atoms with Gasteiger partial charge in [0.25, 0.3) is 0 Å². The summed E-state index contributed by atoms with van der Waals surface area (Å²) in [7, 11) is 0. The van der Waals surface area contributed by atoms with Gasteiger partial charge in [0.05, 0.1) is 5.69 Å². The molecule has 4 nitrogen and oxygen atoms in total. The smallest absolute Gasteiger partial charge is 0.224 e. The highest BCUT2D eigenvalue weighted by Crippen LogP contribution is 2.40. The first-order valence-corrected chi connectivity index (χ1v) is 12.7. The molecule has 1 aromatic carbocycles. The van der Waals surface area contributed by atoms with Crippen molar-refractivity contribution >= 4 is 11.6 Å². The van der Waals surface area contributed by atoms with E-state index in [1.807, 2.05) is 0 Å². The molecule has 1 aromatic rings. The third kappa shape index (κ3) is 10.4. The van der Waals surface area contributed by atoms with Crippen molar-refractivity contribution in [2.75, 3.05) is 5.32 Å². The molecule has 3 N–H and O–H groups in total. The Morgan fingerprint density at radius 1 is 0.613 bits per heavy atom. The quantitative estimate of drug-likeness (QED) is 0.132. The Morgan fingerprint density at radius 2 is 1.00 bits per heavy atom. The number of phenolic OH excluding ortho intramolecular Hbond substituents is 2. The summed E-state index contributed by atoms with van der Waals surface area (Å²) in [6, 6.07) is 0. The zero-order valence-corrected chi connectivity index (χ0v) is 20.6. The van der Waals surface area contributed by atoms with Gasteiger partial charge in [-0.25, -0.2) is 0 Å². The summed E-state index contributed by atoms with van der Waals surface area (Å²) in [6.45, 7) is 7.49. The monoisotopic (exact) mass is 433 g/mol. The molecule has 0 saturated carbocycles. The largest absolute Gasteiger partial charge is 0.507 e. The second kappa shape index (κ2) is 16.0. The van der Waals surface area contributed by atoms with E-state index in [1.165, 1.54) is 83.5 Å². The topological polar surface area (TPSA) is 69.6 Å². The van der Waals surface area contributed by atoms with Gasteiger partial charge < -0.3 is 15.5 Å². The molecular formula is C27H47NO3. The van der Waals surface area contributed by atoms with Crippen LogP contribution in [0.2, 0.25) is 0 Å². The Bertz CT molecular complexity index is 625. The normalized spacial score (nSPS) is 11.1. The van der Waals surface area contributed by atoms with Gasteiger partial charge in [-0.3, -0.25) is 4.79 Å². The van der Waals surface area contributed by atoms with Crippen molar-refractivity contribution in [1.29, 1.82) is 0 Å². The minimum atomic E-state index is -0.101. The van der Waals surface area contributed by atoms with Gasteiger partial charge in [0.15, 0.2) is 0 Å². The first kappa shape index (κ1) is 27.3. The Hall–Kier alpha value is -1.71. The van der Waals surface area contributed by atoms with Gasteiger partial charge in [0.2, 0.25) is 5.91 Å². The minimum Gasteiger partial charge on any atom is -0.507 e. The molecule has 0 aliphatic carbocycles. The number of unbranched alkanes of at least 4 members (excludes halogenated alkanes) is 14. The molecule has 0 heterocycles.